The van der Waals surface area contributed by atoms with Gasteiger partial charge in [-0.2, -0.15) is 0 Å². The molecule has 3 N–H and O–H groups in total. The van der Waals surface area contributed by atoms with Crippen molar-refractivity contribution in [2.45, 2.75) is 161 Å². The van der Waals surface area contributed by atoms with Crippen LogP contribution >= 0.6 is 0 Å². The number of piperidine rings is 3. The highest BCUT2D eigenvalue weighted by molar-refractivity contribution is 5.84. The number of carbonyl (C=O) groups excluding carboxylic acids is 2. The van der Waals surface area contributed by atoms with Crippen LogP contribution in [0.5, 0.6) is 0 Å². The summed E-state index contributed by atoms with van der Waals surface area (Å²) in [4.78, 5) is 27.6. The van der Waals surface area contributed by atoms with E-state index in [0.717, 1.165) is 25.7 Å². The second kappa shape index (κ2) is 9.23. The van der Waals surface area contributed by atoms with E-state index >= 15 is 0 Å². The summed E-state index contributed by atoms with van der Waals surface area (Å²) in [5.74, 6) is -1.76. The summed E-state index contributed by atoms with van der Waals surface area (Å²) < 4.78 is 12.4. The monoisotopic (exact) mass is 507 g/mol. The number of hydrogen-bond donors (Lipinski definition) is 3. The predicted octanol–water partition coefficient (Wildman–Crippen LogP) is 4.47. The Bertz CT molecular complexity index is 827. The predicted molar refractivity (Wildman–Crippen MR) is 144 cm³/mol. The number of esters is 2. The van der Waals surface area contributed by atoms with Crippen LogP contribution in [-0.2, 0) is 19.1 Å². The third-order valence-electron chi connectivity index (χ3n) is 8.00. The summed E-state index contributed by atoms with van der Waals surface area (Å²) in [5, 5.41) is 10.9. The fraction of sp³-hybridized carbons (Fsp3) is 0.931. The van der Waals surface area contributed by atoms with E-state index in [1.165, 1.54) is 0 Å². The van der Waals surface area contributed by atoms with Gasteiger partial charge in [0.2, 0.25) is 0 Å². The van der Waals surface area contributed by atoms with Crippen LogP contribution in [0.4, 0.5) is 0 Å². The Kier molecular flexibility index (Phi) is 7.53. The Morgan fingerprint density at radius 3 is 1.25 bits per heavy atom. The van der Waals surface area contributed by atoms with Crippen LogP contribution in [0, 0.1) is 11.8 Å². The van der Waals surface area contributed by atoms with Crippen molar-refractivity contribution in [2.24, 2.45) is 11.8 Å². The zero-order chi connectivity index (χ0) is 27.5. The van der Waals surface area contributed by atoms with Gasteiger partial charge in [-0.3, -0.25) is 9.59 Å². The second-order valence-corrected chi connectivity index (χ2v) is 15.7. The minimum Gasteiger partial charge on any atom is -0.462 e. The van der Waals surface area contributed by atoms with Gasteiger partial charge in [-0.25, -0.2) is 0 Å². The third kappa shape index (κ3) is 7.22. The van der Waals surface area contributed by atoms with Crippen molar-refractivity contribution in [3.8, 4) is 0 Å². The molecule has 36 heavy (non-hydrogen) atoms. The number of nitrogens with one attached hydrogen (secondary N) is 3. The van der Waals surface area contributed by atoms with Crippen molar-refractivity contribution >= 4 is 11.9 Å². The first kappa shape index (κ1) is 29.4. The highest BCUT2D eigenvalue weighted by Gasteiger charge is 2.54. The molecule has 3 saturated heterocycles. The van der Waals surface area contributed by atoms with Crippen molar-refractivity contribution in [2.75, 3.05) is 0 Å². The van der Waals surface area contributed by atoms with Crippen LogP contribution in [0.1, 0.15) is 115 Å². The van der Waals surface area contributed by atoms with Crippen molar-refractivity contribution in [1.29, 1.82) is 0 Å². The normalized spacial score (nSPS) is 32.9. The van der Waals surface area contributed by atoms with Crippen molar-refractivity contribution in [3.05, 3.63) is 0 Å². The Balaban J connectivity index is 1.83. The average Bonchev–Trinajstić information content (AvgIpc) is 2.52. The van der Waals surface area contributed by atoms with Gasteiger partial charge in [0.15, 0.2) is 0 Å². The highest BCUT2D eigenvalue weighted by atomic mass is 16.6. The molecule has 0 saturated carbocycles. The van der Waals surface area contributed by atoms with Gasteiger partial charge in [-0.05, 0) is 89.5 Å². The van der Waals surface area contributed by atoms with E-state index in [9.17, 15) is 9.59 Å². The van der Waals surface area contributed by atoms with E-state index < -0.39 is 17.4 Å². The molecular formula is C29H53N3O4. The van der Waals surface area contributed by atoms with E-state index in [-0.39, 0.29) is 51.8 Å². The van der Waals surface area contributed by atoms with Crippen molar-refractivity contribution in [3.63, 3.8) is 0 Å². The molecule has 7 heteroatoms. The first-order valence-electron chi connectivity index (χ1n) is 13.8. The van der Waals surface area contributed by atoms with E-state index in [0.29, 0.717) is 6.42 Å². The molecule has 0 radical (unpaired) electrons. The topological polar surface area (TPSA) is 88.7 Å². The lowest BCUT2D eigenvalue weighted by Crippen LogP contribution is -2.67. The number of ether oxygens (including phenoxy) is 2. The van der Waals surface area contributed by atoms with Gasteiger partial charge in [-0.1, -0.05) is 0 Å². The molecule has 0 bridgehead atoms. The number of hydrogen-bond acceptors (Lipinski definition) is 7. The molecule has 3 aliphatic rings. The van der Waals surface area contributed by atoms with Gasteiger partial charge in [0, 0.05) is 58.9 Å². The standard InChI is InChI=1S/C29H53N3O4/c1-24(2)13-18(14-25(3,4)30-24)35-22(33)20-17-28(9,10)32-29(11,12)21(20)23(34)36-19-15-26(5,6)31-27(7,8)16-19/h18-21,30-32H,13-17H2,1-12H3. The van der Waals surface area contributed by atoms with Gasteiger partial charge < -0.3 is 25.4 Å². The first-order chi connectivity index (χ1) is 16.0. The van der Waals surface area contributed by atoms with E-state index in [1.807, 2.05) is 13.8 Å². The molecular weight excluding hydrogens is 454 g/mol. The van der Waals surface area contributed by atoms with Crippen LogP contribution in [0.3, 0.4) is 0 Å². The third-order valence-corrected chi connectivity index (χ3v) is 8.00. The summed E-state index contributed by atoms with van der Waals surface area (Å²) in [6.45, 7) is 25.4. The molecule has 3 aliphatic heterocycles. The molecule has 2 unspecified atom stereocenters. The second-order valence-electron chi connectivity index (χ2n) is 15.7. The molecule has 0 aromatic rings. The van der Waals surface area contributed by atoms with Gasteiger partial charge in [-0.15, -0.1) is 0 Å². The van der Waals surface area contributed by atoms with Crippen LogP contribution in [0.25, 0.3) is 0 Å². The number of carbonyl (C=O) groups is 2. The van der Waals surface area contributed by atoms with Crippen LogP contribution in [0.15, 0.2) is 0 Å². The zero-order valence-corrected chi connectivity index (χ0v) is 25.0. The van der Waals surface area contributed by atoms with Crippen molar-refractivity contribution in [1.82, 2.24) is 16.0 Å². The minimum atomic E-state index is -0.623. The maximum absolute atomic E-state index is 13.8. The van der Waals surface area contributed by atoms with Gasteiger partial charge in [0.1, 0.15) is 12.2 Å². The summed E-state index contributed by atoms with van der Waals surface area (Å²) in [6.07, 6.45) is 3.11. The molecule has 208 valence electrons. The maximum atomic E-state index is 13.8. The SMILES string of the molecule is CC1(C)CC(OC(=O)C2CC(C)(C)NC(C)(C)C2C(=O)OC2CC(C)(C)NC(C)(C)C2)CC(C)(C)N1. The van der Waals surface area contributed by atoms with Gasteiger partial charge in [0.05, 0.1) is 11.8 Å². The van der Waals surface area contributed by atoms with Gasteiger partial charge >= 0.3 is 11.9 Å². The lowest BCUT2D eigenvalue weighted by Gasteiger charge is -2.51. The van der Waals surface area contributed by atoms with E-state index in [1.54, 1.807) is 0 Å². The number of rotatable bonds is 4. The van der Waals surface area contributed by atoms with E-state index in [2.05, 4.69) is 85.2 Å². The molecule has 0 aromatic heterocycles. The summed E-state index contributed by atoms with van der Waals surface area (Å²) in [7, 11) is 0. The quantitative estimate of drug-likeness (QED) is 0.484. The Morgan fingerprint density at radius 2 is 0.861 bits per heavy atom. The molecule has 3 heterocycles. The molecule has 0 aromatic carbocycles. The van der Waals surface area contributed by atoms with Crippen LogP contribution in [0.2, 0.25) is 0 Å². The average molecular weight is 508 g/mol. The van der Waals surface area contributed by atoms with Gasteiger partial charge in [0.25, 0.3) is 0 Å². The first-order valence-corrected chi connectivity index (χ1v) is 13.8. The van der Waals surface area contributed by atoms with Crippen LogP contribution < -0.4 is 16.0 Å². The lowest BCUT2D eigenvalue weighted by molar-refractivity contribution is -0.179. The molecule has 7 nitrogen and oxygen atoms in total. The smallest absolute Gasteiger partial charge is 0.311 e. The Labute approximate surface area is 219 Å². The van der Waals surface area contributed by atoms with Crippen molar-refractivity contribution < 1.29 is 19.1 Å². The summed E-state index contributed by atoms with van der Waals surface area (Å²) in [6, 6.07) is 0. The molecule has 2 atom stereocenters. The summed E-state index contributed by atoms with van der Waals surface area (Å²) >= 11 is 0. The summed E-state index contributed by atoms with van der Waals surface area (Å²) in [5.41, 5.74) is -1.47. The molecule has 0 aliphatic carbocycles. The fourth-order valence-electron chi connectivity index (χ4n) is 7.96. The molecule has 3 rings (SSSR count). The fourth-order valence-corrected chi connectivity index (χ4v) is 7.96. The molecule has 0 amide bonds. The Morgan fingerprint density at radius 1 is 0.528 bits per heavy atom. The molecule has 0 spiro atoms. The van der Waals surface area contributed by atoms with Crippen LogP contribution in [-0.4, -0.2) is 57.4 Å². The lowest BCUT2D eigenvalue weighted by atomic mass is 9.67. The molecule has 3 fully saturated rings. The van der Waals surface area contributed by atoms with E-state index in [4.69, 9.17) is 9.47 Å². The maximum Gasteiger partial charge on any atom is 0.311 e. The highest BCUT2D eigenvalue weighted by Crippen LogP contribution is 2.42. The zero-order valence-electron chi connectivity index (χ0n) is 25.0. The Hall–Kier alpha value is -1.18. The largest absolute Gasteiger partial charge is 0.462 e. The minimum absolute atomic E-state index is 0.133.